The Bertz CT molecular complexity index is 692. The van der Waals surface area contributed by atoms with Crippen LogP contribution in [0.4, 0.5) is 10.1 Å². The first-order valence-corrected chi connectivity index (χ1v) is 7.48. The molecular weight excluding hydrogens is 369 g/mol. The van der Waals surface area contributed by atoms with Crippen LogP contribution in [0.3, 0.4) is 0 Å². The molecule has 2 N–H and O–H groups in total. The lowest BCUT2D eigenvalue weighted by Gasteiger charge is -2.07. The molecule has 0 amide bonds. The van der Waals surface area contributed by atoms with Crippen molar-refractivity contribution in [3.63, 3.8) is 0 Å². The maximum Gasteiger partial charge on any atom is 0.191 e. The van der Waals surface area contributed by atoms with E-state index < -0.39 is 0 Å². The van der Waals surface area contributed by atoms with E-state index >= 15 is 0 Å². The molecule has 0 aromatic heterocycles. The van der Waals surface area contributed by atoms with E-state index in [1.54, 1.807) is 19.2 Å². The Balaban J connectivity index is 1.91. The van der Waals surface area contributed by atoms with Crippen LogP contribution in [0.5, 0.6) is 5.75 Å². The first kappa shape index (κ1) is 16.4. The Hall–Kier alpha value is -1.99. The molecule has 0 radical (unpaired) electrons. The minimum Gasteiger partial charge on any atom is -0.497 e. The van der Waals surface area contributed by atoms with Crippen LogP contribution in [-0.2, 0) is 0 Å². The fourth-order valence-electron chi connectivity index (χ4n) is 1.61. The molecule has 0 saturated heterocycles. The van der Waals surface area contributed by atoms with Gasteiger partial charge in [-0.3, -0.25) is 5.43 Å². The highest BCUT2D eigenvalue weighted by Crippen LogP contribution is 2.15. The predicted molar refractivity (Wildman–Crippen MR) is 94.0 cm³/mol. The van der Waals surface area contributed by atoms with Crippen molar-refractivity contribution >= 4 is 45.2 Å². The highest BCUT2D eigenvalue weighted by Gasteiger charge is 2.00. The Labute approximate surface area is 141 Å². The van der Waals surface area contributed by atoms with Gasteiger partial charge in [0.1, 0.15) is 11.6 Å². The van der Waals surface area contributed by atoms with Crippen LogP contribution in [0.1, 0.15) is 5.56 Å². The normalized spacial score (nSPS) is 10.5. The first-order chi connectivity index (χ1) is 10.6. The summed E-state index contributed by atoms with van der Waals surface area (Å²) in [5, 5.41) is 7.17. The minimum atomic E-state index is -0.359. The van der Waals surface area contributed by atoms with Gasteiger partial charge in [-0.05, 0) is 54.7 Å². The van der Waals surface area contributed by atoms with E-state index in [4.69, 9.17) is 17.0 Å². The average Bonchev–Trinajstić information content (AvgIpc) is 2.51. The number of nitrogens with one attached hydrogen (secondary N) is 2. The molecule has 0 aliphatic rings. The van der Waals surface area contributed by atoms with Crippen molar-refractivity contribution in [2.24, 2.45) is 5.10 Å². The van der Waals surface area contributed by atoms with E-state index in [0.717, 1.165) is 15.9 Å². The van der Waals surface area contributed by atoms with Gasteiger partial charge < -0.3 is 10.1 Å². The van der Waals surface area contributed by atoms with Gasteiger partial charge in [-0.1, -0.05) is 15.9 Å². The number of ether oxygens (including phenoxy) is 1. The number of hydrogen-bond donors (Lipinski definition) is 2. The van der Waals surface area contributed by atoms with Gasteiger partial charge in [-0.15, -0.1) is 0 Å². The van der Waals surface area contributed by atoms with Crippen LogP contribution in [0, 0.1) is 5.82 Å². The fourth-order valence-corrected chi connectivity index (χ4v) is 2.16. The quantitative estimate of drug-likeness (QED) is 0.478. The van der Waals surface area contributed by atoms with Gasteiger partial charge >= 0.3 is 0 Å². The zero-order valence-corrected chi connectivity index (χ0v) is 14.0. The van der Waals surface area contributed by atoms with Crippen molar-refractivity contribution < 1.29 is 9.13 Å². The molecule has 0 heterocycles. The molecule has 0 spiro atoms. The van der Waals surface area contributed by atoms with Crippen LogP contribution in [0.25, 0.3) is 0 Å². The highest BCUT2D eigenvalue weighted by molar-refractivity contribution is 9.10. The summed E-state index contributed by atoms with van der Waals surface area (Å²) < 4.78 is 19.4. The smallest absolute Gasteiger partial charge is 0.191 e. The Morgan fingerprint density at radius 2 is 2.00 bits per heavy atom. The predicted octanol–water partition coefficient (Wildman–Crippen LogP) is 3.92. The van der Waals surface area contributed by atoms with Gasteiger partial charge in [0, 0.05) is 15.7 Å². The molecule has 0 bridgehead atoms. The largest absolute Gasteiger partial charge is 0.497 e. The fraction of sp³-hybridized carbons (Fsp3) is 0.0667. The Morgan fingerprint density at radius 1 is 1.27 bits per heavy atom. The van der Waals surface area contributed by atoms with Crippen LogP contribution >= 0.6 is 28.1 Å². The number of halogens is 2. The number of methoxy groups -OCH3 is 1. The molecule has 2 rings (SSSR count). The van der Waals surface area contributed by atoms with Crippen molar-refractivity contribution in [1.82, 2.24) is 5.43 Å². The van der Waals surface area contributed by atoms with Gasteiger partial charge in [-0.25, -0.2) is 4.39 Å². The molecule has 0 aliphatic heterocycles. The van der Waals surface area contributed by atoms with Crippen LogP contribution in [-0.4, -0.2) is 18.4 Å². The van der Waals surface area contributed by atoms with Crippen molar-refractivity contribution in [3.05, 3.63) is 58.3 Å². The Kier molecular flexibility index (Phi) is 5.85. The van der Waals surface area contributed by atoms with E-state index in [9.17, 15) is 4.39 Å². The lowest BCUT2D eigenvalue weighted by molar-refractivity contribution is 0.415. The third-order valence-electron chi connectivity index (χ3n) is 2.68. The van der Waals surface area contributed by atoms with Crippen molar-refractivity contribution in [1.29, 1.82) is 0 Å². The van der Waals surface area contributed by atoms with Gasteiger partial charge in [0.25, 0.3) is 0 Å². The summed E-state index contributed by atoms with van der Waals surface area (Å²) in [5.41, 5.74) is 3.78. The zero-order valence-electron chi connectivity index (χ0n) is 11.6. The molecule has 7 heteroatoms. The molecule has 0 unspecified atom stereocenters. The number of nitrogens with zero attached hydrogens (tertiary/aromatic N) is 1. The third kappa shape index (κ3) is 4.78. The number of rotatable bonds is 4. The lowest BCUT2D eigenvalue weighted by Crippen LogP contribution is -2.23. The second-order valence-electron chi connectivity index (χ2n) is 4.22. The van der Waals surface area contributed by atoms with Gasteiger partial charge in [0.05, 0.1) is 13.3 Å². The summed E-state index contributed by atoms with van der Waals surface area (Å²) >= 11 is 8.38. The van der Waals surface area contributed by atoms with Crippen molar-refractivity contribution in [2.45, 2.75) is 0 Å². The van der Waals surface area contributed by atoms with E-state index in [1.807, 2.05) is 24.3 Å². The Morgan fingerprint density at radius 3 is 2.68 bits per heavy atom. The van der Waals surface area contributed by atoms with Gasteiger partial charge in [-0.2, -0.15) is 5.10 Å². The van der Waals surface area contributed by atoms with E-state index in [2.05, 4.69) is 31.8 Å². The standard InChI is InChI=1S/C15H13BrFN3OS/c1-21-13-5-3-12(4-6-13)19-15(22)20-18-9-10-8-11(16)2-7-14(10)17/h2-9H,1H3,(H2,19,20,22)/b18-9-. The number of anilines is 1. The highest BCUT2D eigenvalue weighted by atomic mass is 79.9. The molecule has 22 heavy (non-hydrogen) atoms. The maximum absolute atomic E-state index is 13.5. The third-order valence-corrected chi connectivity index (χ3v) is 3.36. The molecule has 4 nitrogen and oxygen atoms in total. The molecule has 114 valence electrons. The topological polar surface area (TPSA) is 45.6 Å². The summed E-state index contributed by atoms with van der Waals surface area (Å²) in [5.74, 6) is 0.398. The molecule has 0 atom stereocenters. The second-order valence-corrected chi connectivity index (χ2v) is 5.54. The first-order valence-electron chi connectivity index (χ1n) is 6.27. The molecule has 2 aromatic rings. The molecule has 2 aromatic carbocycles. The molecule has 0 fully saturated rings. The number of thiocarbonyl (C=S) groups is 1. The van der Waals surface area contributed by atoms with Crippen molar-refractivity contribution in [3.8, 4) is 5.75 Å². The summed E-state index contributed by atoms with van der Waals surface area (Å²) in [4.78, 5) is 0. The van der Waals surface area contributed by atoms with Gasteiger partial charge in [0.15, 0.2) is 5.11 Å². The lowest BCUT2D eigenvalue weighted by atomic mass is 10.2. The van der Waals surface area contributed by atoms with E-state index in [0.29, 0.717) is 10.7 Å². The van der Waals surface area contributed by atoms with Crippen molar-refractivity contribution in [2.75, 3.05) is 12.4 Å². The van der Waals surface area contributed by atoms with Crippen LogP contribution in [0.2, 0.25) is 0 Å². The molecule has 0 saturated carbocycles. The summed E-state index contributed by atoms with van der Waals surface area (Å²) in [7, 11) is 1.60. The monoisotopic (exact) mass is 381 g/mol. The average molecular weight is 382 g/mol. The molecule has 0 aliphatic carbocycles. The van der Waals surface area contributed by atoms with E-state index in [-0.39, 0.29) is 5.82 Å². The zero-order chi connectivity index (χ0) is 15.9. The summed E-state index contributed by atoms with van der Waals surface area (Å²) in [6, 6.07) is 11.9. The minimum absolute atomic E-state index is 0.303. The summed E-state index contributed by atoms with van der Waals surface area (Å²) in [6.45, 7) is 0. The van der Waals surface area contributed by atoms with Crippen LogP contribution in [0.15, 0.2) is 52.0 Å². The van der Waals surface area contributed by atoms with Gasteiger partial charge in [0.2, 0.25) is 0 Å². The van der Waals surface area contributed by atoms with E-state index in [1.165, 1.54) is 12.3 Å². The number of hydrogen-bond acceptors (Lipinski definition) is 3. The number of hydrazone groups is 1. The summed E-state index contributed by atoms with van der Waals surface area (Å²) in [6.07, 6.45) is 1.36. The maximum atomic E-state index is 13.5. The second kappa shape index (κ2) is 7.86. The van der Waals surface area contributed by atoms with Crippen LogP contribution < -0.4 is 15.5 Å². The SMILES string of the molecule is COc1ccc(NC(=S)N/N=C\c2cc(Br)ccc2F)cc1. The molecular formula is C15H13BrFN3OS. The number of benzene rings is 2.